The SMILES string of the molecule is C[C@H]1CCC[C@H](OC(=O)Cn2cnc3sc4c(c3c2=O)CC[C@@H](C(C)(C)C)C4)C1. The van der Waals surface area contributed by atoms with E-state index in [2.05, 4.69) is 32.7 Å². The summed E-state index contributed by atoms with van der Waals surface area (Å²) in [7, 11) is 0. The number of carbonyl (C=O) groups excluding carboxylic acids is 1. The number of hydrogen-bond donors (Lipinski definition) is 0. The van der Waals surface area contributed by atoms with Gasteiger partial charge in [0.25, 0.3) is 5.56 Å². The lowest BCUT2D eigenvalue weighted by Gasteiger charge is -2.33. The average Bonchev–Trinajstić information content (AvgIpc) is 3.01. The number of aryl methyl sites for hydroxylation is 1. The van der Waals surface area contributed by atoms with Gasteiger partial charge in [-0.2, -0.15) is 0 Å². The van der Waals surface area contributed by atoms with Gasteiger partial charge in [0.1, 0.15) is 17.5 Å². The van der Waals surface area contributed by atoms with E-state index in [0.717, 1.165) is 54.3 Å². The van der Waals surface area contributed by atoms with E-state index in [1.165, 1.54) is 22.2 Å². The van der Waals surface area contributed by atoms with Crippen LogP contribution in [0.1, 0.15) is 70.2 Å². The van der Waals surface area contributed by atoms with Crippen LogP contribution in [0.15, 0.2) is 11.1 Å². The maximum atomic E-state index is 13.1. The van der Waals surface area contributed by atoms with E-state index in [9.17, 15) is 9.59 Å². The molecule has 0 unspecified atom stereocenters. The quantitative estimate of drug-likeness (QED) is 0.679. The van der Waals surface area contributed by atoms with Gasteiger partial charge in [0.05, 0.1) is 11.7 Å². The lowest BCUT2D eigenvalue weighted by Crippen LogP contribution is -2.30. The molecule has 5 nitrogen and oxygen atoms in total. The molecule has 0 bridgehead atoms. The molecule has 0 N–H and O–H groups in total. The molecule has 2 aromatic heterocycles. The third-order valence-corrected chi connectivity index (χ3v) is 7.91. The summed E-state index contributed by atoms with van der Waals surface area (Å²) < 4.78 is 7.08. The summed E-state index contributed by atoms with van der Waals surface area (Å²) in [5.74, 6) is 0.888. The first kappa shape index (κ1) is 20.6. The first-order valence-electron chi connectivity index (χ1n) is 10.9. The summed E-state index contributed by atoms with van der Waals surface area (Å²) in [6.07, 6.45) is 8.68. The van der Waals surface area contributed by atoms with Crippen molar-refractivity contribution < 1.29 is 9.53 Å². The van der Waals surface area contributed by atoms with Crippen molar-refractivity contribution in [1.29, 1.82) is 0 Å². The summed E-state index contributed by atoms with van der Waals surface area (Å²) in [5, 5.41) is 0.721. The molecule has 158 valence electrons. The highest BCUT2D eigenvalue weighted by atomic mass is 32.1. The van der Waals surface area contributed by atoms with Crippen LogP contribution in [0.3, 0.4) is 0 Å². The highest BCUT2D eigenvalue weighted by Crippen LogP contribution is 2.41. The normalized spacial score (nSPS) is 25.0. The van der Waals surface area contributed by atoms with Crippen molar-refractivity contribution in [3.05, 3.63) is 27.1 Å². The molecule has 0 amide bonds. The van der Waals surface area contributed by atoms with Crippen LogP contribution in [0.2, 0.25) is 0 Å². The number of esters is 1. The van der Waals surface area contributed by atoms with Crippen LogP contribution in [0.25, 0.3) is 10.2 Å². The fourth-order valence-corrected chi connectivity index (χ4v) is 6.16. The topological polar surface area (TPSA) is 61.2 Å². The minimum atomic E-state index is -0.329. The number of aromatic nitrogens is 2. The van der Waals surface area contributed by atoms with Crippen molar-refractivity contribution in [2.75, 3.05) is 0 Å². The summed E-state index contributed by atoms with van der Waals surface area (Å²) in [6.45, 7) is 9.02. The zero-order valence-electron chi connectivity index (χ0n) is 18.0. The smallest absolute Gasteiger partial charge is 0.326 e. The van der Waals surface area contributed by atoms with E-state index in [1.54, 1.807) is 11.3 Å². The molecule has 2 aliphatic rings. The fraction of sp³-hybridized carbons (Fsp3) is 0.696. The lowest BCUT2D eigenvalue weighted by atomic mass is 9.72. The Balaban J connectivity index is 1.54. The number of carbonyl (C=O) groups is 1. The van der Waals surface area contributed by atoms with Gasteiger partial charge in [0.2, 0.25) is 0 Å². The number of hydrogen-bond acceptors (Lipinski definition) is 5. The molecule has 4 rings (SSSR count). The molecule has 2 aromatic rings. The fourth-order valence-electron chi connectivity index (χ4n) is 4.90. The molecular weight excluding hydrogens is 384 g/mol. The standard InChI is InChI=1S/C23H32N2O3S/c1-14-6-5-7-16(10-14)28-19(26)12-25-13-24-21-20(22(25)27)17-9-8-15(23(2,3)4)11-18(17)29-21/h13-16H,5-12H2,1-4H3/t14-,15+,16-/m0/s1. The third kappa shape index (κ3) is 4.27. The second kappa shape index (κ2) is 7.86. The summed E-state index contributed by atoms with van der Waals surface area (Å²) in [4.78, 5) is 32.2. The van der Waals surface area contributed by atoms with E-state index < -0.39 is 0 Å². The molecule has 29 heavy (non-hydrogen) atoms. The van der Waals surface area contributed by atoms with E-state index >= 15 is 0 Å². The molecule has 0 aliphatic heterocycles. The zero-order valence-corrected chi connectivity index (χ0v) is 18.8. The second-order valence-corrected chi connectivity index (χ2v) is 11.1. The van der Waals surface area contributed by atoms with E-state index in [-0.39, 0.29) is 29.6 Å². The molecule has 6 heteroatoms. The molecule has 0 spiro atoms. The van der Waals surface area contributed by atoms with Crippen LogP contribution < -0.4 is 5.56 Å². The van der Waals surface area contributed by atoms with Crippen molar-refractivity contribution in [2.24, 2.45) is 17.3 Å². The van der Waals surface area contributed by atoms with Crippen LogP contribution in [0, 0.1) is 17.3 Å². The van der Waals surface area contributed by atoms with Crippen LogP contribution in [0.4, 0.5) is 0 Å². The van der Waals surface area contributed by atoms with Crippen molar-refractivity contribution in [2.45, 2.75) is 85.3 Å². The first-order valence-corrected chi connectivity index (χ1v) is 11.7. The van der Waals surface area contributed by atoms with Gasteiger partial charge in [0.15, 0.2) is 0 Å². The maximum Gasteiger partial charge on any atom is 0.326 e. The Labute approximate surface area is 176 Å². The Hall–Kier alpha value is -1.69. The Morgan fingerprint density at radius 1 is 1.31 bits per heavy atom. The van der Waals surface area contributed by atoms with Crippen LogP contribution in [0.5, 0.6) is 0 Å². The predicted molar refractivity (Wildman–Crippen MR) is 116 cm³/mol. The van der Waals surface area contributed by atoms with Gasteiger partial charge in [-0.25, -0.2) is 4.98 Å². The van der Waals surface area contributed by atoms with Gasteiger partial charge >= 0.3 is 5.97 Å². The number of fused-ring (bicyclic) bond motifs is 3. The van der Waals surface area contributed by atoms with Gasteiger partial charge in [-0.15, -0.1) is 11.3 Å². The van der Waals surface area contributed by atoms with Crippen LogP contribution >= 0.6 is 11.3 Å². The highest BCUT2D eigenvalue weighted by Gasteiger charge is 2.32. The molecular formula is C23H32N2O3S. The number of ether oxygens (including phenoxy) is 1. The number of rotatable bonds is 3. The van der Waals surface area contributed by atoms with Crippen molar-refractivity contribution in [1.82, 2.24) is 9.55 Å². The first-order chi connectivity index (χ1) is 13.7. The number of nitrogens with zero attached hydrogens (tertiary/aromatic N) is 2. The van der Waals surface area contributed by atoms with Gasteiger partial charge in [-0.1, -0.05) is 34.1 Å². The summed E-state index contributed by atoms with van der Waals surface area (Å²) in [6, 6.07) is 0. The molecule has 0 saturated heterocycles. The molecule has 0 radical (unpaired) electrons. The third-order valence-electron chi connectivity index (χ3n) is 6.75. The average molecular weight is 417 g/mol. The highest BCUT2D eigenvalue weighted by molar-refractivity contribution is 7.18. The van der Waals surface area contributed by atoms with Gasteiger partial charge in [-0.3, -0.25) is 14.2 Å². The molecule has 2 aliphatic carbocycles. The Morgan fingerprint density at radius 2 is 2.10 bits per heavy atom. The lowest BCUT2D eigenvalue weighted by molar-refractivity contribution is -0.152. The van der Waals surface area contributed by atoms with Gasteiger partial charge in [-0.05, 0) is 61.3 Å². The van der Waals surface area contributed by atoms with Gasteiger partial charge in [0, 0.05) is 4.88 Å². The van der Waals surface area contributed by atoms with Crippen LogP contribution in [-0.2, 0) is 28.9 Å². The van der Waals surface area contributed by atoms with Crippen LogP contribution in [-0.4, -0.2) is 21.6 Å². The Bertz CT molecular complexity index is 969. The molecule has 3 atom stereocenters. The van der Waals surface area contributed by atoms with E-state index in [0.29, 0.717) is 11.8 Å². The predicted octanol–water partition coefficient (Wildman–Crippen LogP) is 4.73. The van der Waals surface area contributed by atoms with Gasteiger partial charge < -0.3 is 4.74 Å². The molecule has 1 fully saturated rings. The second-order valence-electron chi connectivity index (χ2n) is 10.1. The van der Waals surface area contributed by atoms with E-state index in [1.807, 2.05) is 0 Å². The summed E-state index contributed by atoms with van der Waals surface area (Å²) in [5.41, 5.74) is 1.32. The molecule has 1 saturated carbocycles. The number of thiophene rings is 1. The molecule has 2 heterocycles. The van der Waals surface area contributed by atoms with Crippen molar-refractivity contribution >= 4 is 27.5 Å². The van der Waals surface area contributed by atoms with E-state index in [4.69, 9.17) is 4.74 Å². The maximum absolute atomic E-state index is 13.1. The Kier molecular flexibility index (Phi) is 5.58. The molecule has 0 aromatic carbocycles. The summed E-state index contributed by atoms with van der Waals surface area (Å²) >= 11 is 1.65. The monoisotopic (exact) mass is 416 g/mol. The van der Waals surface area contributed by atoms with Crippen molar-refractivity contribution in [3.63, 3.8) is 0 Å². The van der Waals surface area contributed by atoms with Crippen molar-refractivity contribution in [3.8, 4) is 0 Å². The minimum Gasteiger partial charge on any atom is -0.461 e. The largest absolute Gasteiger partial charge is 0.461 e. The Morgan fingerprint density at radius 3 is 2.83 bits per heavy atom. The zero-order chi connectivity index (χ0) is 20.8. The minimum absolute atomic E-state index is 0.0121.